The fraction of sp³-hybridized carbons (Fsp3) is 0.932. The summed E-state index contributed by atoms with van der Waals surface area (Å²) in [5.74, 6) is -0.0536. The third kappa shape index (κ3) is 65.7. The average molecular weight is 1100 g/mol. The molecule has 78 heavy (non-hydrogen) atoms. The average Bonchev–Trinajstić information content (AvgIpc) is 3.44. The summed E-state index contributed by atoms with van der Waals surface area (Å²) < 4.78 is 0. The van der Waals surface area contributed by atoms with E-state index in [2.05, 4.69) is 31.3 Å². The molecule has 3 N–H and O–H groups in total. The number of carbonyl (C=O) groups is 1. The monoisotopic (exact) mass is 1100 g/mol. The van der Waals surface area contributed by atoms with Gasteiger partial charge in [-0.05, 0) is 44.9 Å². The van der Waals surface area contributed by atoms with Crippen LogP contribution in [0.5, 0.6) is 0 Å². The van der Waals surface area contributed by atoms with Crippen LogP contribution in [0.2, 0.25) is 0 Å². The number of hydrogen-bond donors (Lipinski definition) is 3. The van der Waals surface area contributed by atoms with Gasteiger partial charge in [-0.15, -0.1) is 0 Å². The maximum absolute atomic E-state index is 12.6. The van der Waals surface area contributed by atoms with Gasteiger partial charge in [0.25, 0.3) is 0 Å². The summed E-state index contributed by atoms with van der Waals surface area (Å²) >= 11 is 0. The second-order valence-corrected chi connectivity index (χ2v) is 25.4. The Bertz CT molecular complexity index is 1150. The van der Waals surface area contributed by atoms with Crippen LogP contribution in [0.25, 0.3) is 0 Å². The zero-order chi connectivity index (χ0) is 56.2. The van der Waals surface area contributed by atoms with Crippen molar-refractivity contribution in [3.8, 4) is 0 Å². The van der Waals surface area contributed by atoms with Gasteiger partial charge in [0, 0.05) is 6.42 Å². The Labute approximate surface area is 491 Å². The first-order chi connectivity index (χ1) is 38.7. The molecule has 0 rings (SSSR count). The maximum Gasteiger partial charge on any atom is 0.220 e. The Kier molecular flexibility index (Phi) is 69.1. The number of hydrogen-bond acceptors (Lipinski definition) is 3. The van der Waals surface area contributed by atoms with Gasteiger partial charge in [-0.1, -0.05) is 398 Å². The first-order valence-electron chi connectivity index (χ1n) is 36.6. The van der Waals surface area contributed by atoms with Crippen LogP contribution in [-0.4, -0.2) is 34.9 Å². The molecule has 0 saturated heterocycles. The molecular formula is C74H145NO3. The van der Waals surface area contributed by atoms with E-state index in [1.54, 1.807) is 6.08 Å². The first kappa shape index (κ1) is 76.9. The fourth-order valence-corrected chi connectivity index (χ4v) is 11.9. The first-order valence-corrected chi connectivity index (χ1v) is 36.6. The minimum absolute atomic E-state index is 0.0536. The molecule has 2 unspecified atom stereocenters. The highest BCUT2D eigenvalue weighted by atomic mass is 16.3. The molecule has 0 bridgehead atoms. The normalized spacial score (nSPS) is 12.7. The maximum atomic E-state index is 12.6. The van der Waals surface area contributed by atoms with Gasteiger partial charge < -0.3 is 15.5 Å². The van der Waals surface area contributed by atoms with Crippen LogP contribution in [0.15, 0.2) is 24.3 Å². The van der Waals surface area contributed by atoms with E-state index < -0.39 is 12.1 Å². The topological polar surface area (TPSA) is 69.6 Å². The molecule has 0 aromatic heterocycles. The summed E-state index contributed by atoms with van der Waals surface area (Å²) in [5, 5.41) is 23.3. The van der Waals surface area contributed by atoms with Crippen LogP contribution >= 0.6 is 0 Å². The molecule has 464 valence electrons. The van der Waals surface area contributed by atoms with E-state index in [0.717, 1.165) is 25.7 Å². The summed E-state index contributed by atoms with van der Waals surface area (Å²) in [6.07, 6.45) is 95.8. The lowest BCUT2D eigenvalue weighted by molar-refractivity contribution is -0.123. The molecule has 1 amide bonds. The molecule has 0 aromatic carbocycles. The Balaban J connectivity index is 3.39. The number of carbonyl (C=O) groups excluding carboxylic acids is 1. The number of amides is 1. The molecule has 0 aromatic rings. The van der Waals surface area contributed by atoms with Gasteiger partial charge in [0.2, 0.25) is 5.91 Å². The van der Waals surface area contributed by atoms with Gasteiger partial charge in [-0.2, -0.15) is 0 Å². The predicted molar refractivity (Wildman–Crippen MR) is 350 cm³/mol. The summed E-state index contributed by atoms with van der Waals surface area (Å²) in [6.45, 7) is 4.36. The smallest absolute Gasteiger partial charge is 0.220 e. The van der Waals surface area contributed by atoms with Crippen molar-refractivity contribution < 1.29 is 15.0 Å². The summed E-state index contributed by atoms with van der Waals surface area (Å²) in [4.78, 5) is 12.6. The van der Waals surface area contributed by atoms with Crippen molar-refractivity contribution in [1.82, 2.24) is 5.32 Å². The van der Waals surface area contributed by atoms with Crippen molar-refractivity contribution in [2.24, 2.45) is 0 Å². The second kappa shape index (κ2) is 70.1. The molecule has 0 radical (unpaired) electrons. The van der Waals surface area contributed by atoms with E-state index in [1.807, 2.05) is 6.08 Å². The van der Waals surface area contributed by atoms with Gasteiger partial charge in [0.05, 0.1) is 18.8 Å². The minimum atomic E-state index is -0.838. The Morgan fingerprint density at radius 3 is 0.705 bits per heavy atom. The molecule has 0 spiro atoms. The Hall–Kier alpha value is -1.13. The van der Waals surface area contributed by atoms with Crippen LogP contribution < -0.4 is 5.32 Å². The van der Waals surface area contributed by atoms with Gasteiger partial charge in [0.1, 0.15) is 0 Å². The van der Waals surface area contributed by atoms with Crippen molar-refractivity contribution in [2.45, 2.75) is 437 Å². The number of allylic oxidation sites excluding steroid dienone is 3. The largest absolute Gasteiger partial charge is 0.394 e. The zero-order valence-electron chi connectivity index (χ0n) is 53.7. The van der Waals surface area contributed by atoms with Crippen LogP contribution in [0.3, 0.4) is 0 Å². The van der Waals surface area contributed by atoms with E-state index in [1.165, 1.54) is 379 Å². The highest BCUT2D eigenvalue weighted by molar-refractivity contribution is 5.76. The van der Waals surface area contributed by atoms with Gasteiger partial charge in [-0.25, -0.2) is 0 Å². The van der Waals surface area contributed by atoms with Crippen molar-refractivity contribution in [2.75, 3.05) is 6.61 Å². The van der Waals surface area contributed by atoms with E-state index in [-0.39, 0.29) is 12.5 Å². The molecule has 0 heterocycles. The lowest BCUT2D eigenvalue weighted by atomic mass is 10.0. The van der Waals surface area contributed by atoms with E-state index in [9.17, 15) is 15.0 Å². The summed E-state index contributed by atoms with van der Waals surface area (Å²) in [6, 6.07) is -0.621. The molecule has 4 nitrogen and oxygen atoms in total. The number of aliphatic hydroxyl groups is 2. The zero-order valence-corrected chi connectivity index (χ0v) is 53.7. The lowest BCUT2D eigenvalue weighted by Crippen LogP contribution is -2.45. The highest BCUT2D eigenvalue weighted by Crippen LogP contribution is 2.20. The molecule has 0 saturated carbocycles. The Morgan fingerprint density at radius 1 is 0.295 bits per heavy atom. The van der Waals surface area contributed by atoms with E-state index in [0.29, 0.717) is 6.42 Å². The van der Waals surface area contributed by atoms with Gasteiger partial charge in [-0.3, -0.25) is 4.79 Å². The van der Waals surface area contributed by atoms with Crippen molar-refractivity contribution >= 4 is 5.91 Å². The van der Waals surface area contributed by atoms with Crippen LogP contribution in [0, 0.1) is 0 Å². The number of rotatable bonds is 69. The quantitative estimate of drug-likeness (QED) is 0.0420. The minimum Gasteiger partial charge on any atom is -0.394 e. The van der Waals surface area contributed by atoms with Crippen molar-refractivity contribution in [3.63, 3.8) is 0 Å². The second-order valence-electron chi connectivity index (χ2n) is 25.4. The third-order valence-corrected chi connectivity index (χ3v) is 17.4. The summed E-state index contributed by atoms with van der Waals surface area (Å²) in [5.41, 5.74) is 0. The Morgan fingerprint density at radius 2 is 0.487 bits per heavy atom. The highest BCUT2D eigenvalue weighted by Gasteiger charge is 2.18. The molecular weight excluding hydrogens is 951 g/mol. The van der Waals surface area contributed by atoms with Crippen molar-refractivity contribution in [1.29, 1.82) is 0 Å². The predicted octanol–water partition coefficient (Wildman–Crippen LogP) is 24.9. The molecule has 2 atom stereocenters. The third-order valence-electron chi connectivity index (χ3n) is 17.4. The molecule has 4 heteroatoms. The SMILES string of the molecule is CCCCCCCCCC/C=C\CCCCCCCCCCCCCCCCCCCCCCCCCCCC(=O)NC(CO)C(O)/C=C/CCCCCCCCCCCCCCCCCCCCCCCCCCCCC. The van der Waals surface area contributed by atoms with Crippen LogP contribution in [0.1, 0.15) is 425 Å². The van der Waals surface area contributed by atoms with Crippen LogP contribution in [0.4, 0.5) is 0 Å². The van der Waals surface area contributed by atoms with E-state index >= 15 is 0 Å². The van der Waals surface area contributed by atoms with Gasteiger partial charge in [0.15, 0.2) is 0 Å². The number of unbranched alkanes of at least 4 members (excludes halogenated alkanes) is 60. The number of nitrogens with one attached hydrogen (secondary N) is 1. The summed E-state index contributed by atoms with van der Waals surface area (Å²) in [7, 11) is 0. The molecule has 0 fully saturated rings. The lowest BCUT2D eigenvalue weighted by Gasteiger charge is -2.20. The number of aliphatic hydroxyl groups excluding tert-OH is 2. The van der Waals surface area contributed by atoms with Gasteiger partial charge >= 0.3 is 0 Å². The standard InChI is InChI=1S/C74H145NO3/c1-3-5-7-9-11-13-15-17-19-21-23-25-27-29-31-33-34-35-36-37-38-39-40-42-44-46-48-50-52-54-56-58-60-62-64-66-68-70-74(78)75-72(71-76)73(77)69-67-65-63-61-59-57-55-53-51-49-47-45-43-41-32-30-28-26-24-22-20-18-16-14-12-10-8-6-4-2/h21,23,67,69,72-73,76-77H,3-20,22,24-66,68,70-71H2,1-2H3,(H,75,78)/b23-21-,69-67+. The van der Waals surface area contributed by atoms with Crippen molar-refractivity contribution in [3.05, 3.63) is 24.3 Å². The fourth-order valence-electron chi connectivity index (χ4n) is 11.9. The van der Waals surface area contributed by atoms with Crippen LogP contribution in [-0.2, 0) is 4.79 Å². The van der Waals surface area contributed by atoms with E-state index in [4.69, 9.17) is 0 Å². The molecule has 0 aliphatic heterocycles. The molecule has 0 aliphatic carbocycles. The molecule has 0 aliphatic rings.